The lowest BCUT2D eigenvalue weighted by molar-refractivity contribution is -0.104. The van der Waals surface area contributed by atoms with Crippen molar-refractivity contribution in [3.05, 3.63) is 46.5 Å². The second-order valence-corrected chi connectivity index (χ2v) is 11.6. The molecular weight excluding hydrogens is 540 g/mol. The summed E-state index contributed by atoms with van der Waals surface area (Å²) in [6.45, 7) is 5.17. The predicted octanol–water partition coefficient (Wildman–Crippen LogP) is 3.62. The number of fused-ring (bicyclic) bond motifs is 1. The lowest BCUT2D eigenvalue weighted by Crippen LogP contribution is -2.41. The molecule has 0 spiro atoms. The first kappa shape index (κ1) is 28.5. The molecule has 3 N–H and O–H groups in total. The number of pyridine rings is 1. The number of aromatic nitrogens is 4. The third-order valence-electron chi connectivity index (χ3n) is 7.15. The van der Waals surface area contributed by atoms with Crippen molar-refractivity contribution in [3.63, 3.8) is 0 Å². The zero-order valence-electron chi connectivity index (χ0n) is 23.2. The fraction of sp³-hybridized carbons (Fsp3) is 0.519. The van der Waals surface area contributed by atoms with Crippen LogP contribution in [0.25, 0.3) is 5.65 Å². The summed E-state index contributed by atoms with van der Waals surface area (Å²) in [7, 11) is 1.47. The highest BCUT2D eigenvalue weighted by molar-refractivity contribution is 6.00. The van der Waals surface area contributed by atoms with E-state index in [1.807, 2.05) is 0 Å². The first-order valence-electron chi connectivity index (χ1n) is 13.4. The second-order valence-electron chi connectivity index (χ2n) is 11.6. The Morgan fingerprint density at radius 2 is 1.98 bits per heavy atom. The van der Waals surface area contributed by atoms with Crippen LogP contribution in [0.5, 0.6) is 0 Å². The van der Waals surface area contributed by atoms with Crippen LogP contribution < -0.4 is 21.1 Å². The average Bonchev–Trinajstić information content (AvgIpc) is 3.47. The highest BCUT2D eigenvalue weighted by Crippen LogP contribution is 2.44. The molecule has 0 aliphatic heterocycles. The lowest BCUT2D eigenvalue weighted by Gasteiger charge is -2.36. The van der Waals surface area contributed by atoms with E-state index < -0.39 is 54.1 Å². The third-order valence-corrected chi connectivity index (χ3v) is 7.15. The number of aliphatic hydroxyl groups excluding tert-OH is 1. The van der Waals surface area contributed by atoms with E-state index >= 15 is 0 Å². The Kier molecular flexibility index (Phi) is 7.22. The van der Waals surface area contributed by atoms with Gasteiger partial charge in [-0.2, -0.15) is 9.61 Å². The SMILES string of the molecule is CN(C(=O)OC(C)(C)C)c1cc(Nc2cccn(C3CC(F)(F)C3)c2=O)nc2c(C(=O)N[C@H]3CC[C@H](O)C3)cnn12. The summed E-state index contributed by atoms with van der Waals surface area (Å²) in [4.78, 5) is 45.0. The number of nitrogens with zero attached hydrogens (tertiary/aromatic N) is 5. The van der Waals surface area contributed by atoms with E-state index in [9.17, 15) is 28.3 Å². The molecule has 0 aromatic carbocycles. The fourth-order valence-corrected chi connectivity index (χ4v) is 5.04. The van der Waals surface area contributed by atoms with Crippen molar-refractivity contribution in [2.45, 2.75) is 82.6 Å². The number of nitrogens with one attached hydrogen (secondary N) is 2. The molecule has 14 heteroatoms. The number of hydrogen-bond acceptors (Lipinski definition) is 8. The lowest BCUT2D eigenvalue weighted by atomic mass is 9.88. The molecule has 5 rings (SSSR count). The Morgan fingerprint density at radius 1 is 1.24 bits per heavy atom. The van der Waals surface area contributed by atoms with Crippen molar-refractivity contribution in [2.24, 2.45) is 0 Å². The highest BCUT2D eigenvalue weighted by atomic mass is 19.3. The summed E-state index contributed by atoms with van der Waals surface area (Å²) < 4.78 is 35.0. The summed E-state index contributed by atoms with van der Waals surface area (Å²) in [5, 5.41) is 20.0. The number of aliphatic hydroxyl groups is 1. The Hall–Kier alpha value is -4.07. The molecule has 3 aromatic heterocycles. The quantitative estimate of drug-likeness (QED) is 0.406. The Labute approximate surface area is 234 Å². The van der Waals surface area contributed by atoms with Gasteiger partial charge in [-0.3, -0.25) is 14.5 Å². The van der Waals surface area contributed by atoms with E-state index in [0.717, 1.165) is 0 Å². The van der Waals surface area contributed by atoms with Crippen LogP contribution in [0.15, 0.2) is 35.4 Å². The van der Waals surface area contributed by atoms with E-state index in [1.54, 1.807) is 26.8 Å². The normalized spacial score (nSPS) is 20.5. The average molecular weight is 574 g/mol. The van der Waals surface area contributed by atoms with Gasteiger partial charge >= 0.3 is 6.09 Å². The molecule has 0 saturated heterocycles. The summed E-state index contributed by atoms with van der Waals surface area (Å²) in [6, 6.07) is 3.70. The summed E-state index contributed by atoms with van der Waals surface area (Å²) in [5.74, 6) is -2.95. The third kappa shape index (κ3) is 6.01. The van der Waals surface area contributed by atoms with E-state index in [2.05, 4.69) is 20.7 Å². The number of ether oxygens (including phenoxy) is 1. The summed E-state index contributed by atoms with van der Waals surface area (Å²) >= 11 is 0. The molecule has 2 atom stereocenters. The maximum Gasteiger partial charge on any atom is 0.415 e. The minimum Gasteiger partial charge on any atom is -0.443 e. The number of rotatable bonds is 6. The minimum atomic E-state index is -2.79. The first-order chi connectivity index (χ1) is 19.2. The van der Waals surface area contributed by atoms with Gasteiger partial charge in [0.05, 0.1) is 12.3 Å². The van der Waals surface area contributed by atoms with Crippen LogP contribution in [0.2, 0.25) is 0 Å². The zero-order chi connectivity index (χ0) is 29.7. The molecular formula is C27H33F2N7O5. The molecule has 2 saturated carbocycles. The van der Waals surface area contributed by atoms with E-state index in [1.165, 1.54) is 45.6 Å². The fourth-order valence-electron chi connectivity index (χ4n) is 5.04. The zero-order valence-corrected chi connectivity index (χ0v) is 23.2. The van der Waals surface area contributed by atoms with Gasteiger partial charge in [0.15, 0.2) is 5.65 Å². The topological polar surface area (TPSA) is 143 Å². The molecule has 41 heavy (non-hydrogen) atoms. The maximum absolute atomic E-state index is 13.5. The Balaban J connectivity index is 1.52. The molecule has 0 unspecified atom stereocenters. The number of alkyl halides is 2. The number of amides is 2. The minimum absolute atomic E-state index is 0.0795. The van der Waals surface area contributed by atoms with Crippen LogP contribution in [0.1, 0.15) is 69.3 Å². The van der Waals surface area contributed by atoms with Crippen molar-refractivity contribution in [1.82, 2.24) is 24.5 Å². The summed E-state index contributed by atoms with van der Waals surface area (Å²) in [6.07, 6.45) is 2.44. The van der Waals surface area contributed by atoms with Gasteiger partial charge in [-0.15, -0.1) is 0 Å². The largest absolute Gasteiger partial charge is 0.443 e. The van der Waals surface area contributed by atoms with Crippen LogP contribution in [-0.2, 0) is 4.74 Å². The van der Waals surface area contributed by atoms with Gasteiger partial charge in [0, 0.05) is 44.2 Å². The van der Waals surface area contributed by atoms with Gasteiger partial charge in [-0.25, -0.2) is 18.6 Å². The van der Waals surface area contributed by atoms with Gasteiger partial charge in [-0.1, -0.05) is 0 Å². The number of carbonyl (C=O) groups excluding carboxylic acids is 2. The van der Waals surface area contributed by atoms with Gasteiger partial charge < -0.3 is 25.0 Å². The maximum atomic E-state index is 13.5. The van der Waals surface area contributed by atoms with Crippen LogP contribution in [-0.4, -0.2) is 67.0 Å². The smallest absolute Gasteiger partial charge is 0.415 e. The molecule has 3 aromatic rings. The molecule has 2 aliphatic rings. The second kappa shape index (κ2) is 10.4. The monoisotopic (exact) mass is 573 g/mol. The molecule has 2 aliphatic carbocycles. The van der Waals surface area contributed by atoms with Gasteiger partial charge in [0.1, 0.15) is 28.5 Å². The molecule has 2 amide bonds. The molecule has 12 nitrogen and oxygen atoms in total. The number of hydrogen-bond donors (Lipinski definition) is 3. The molecule has 3 heterocycles. The van der Waals surface area contributed by atoms with Crippen molar-refractivity contribution in [1.29, 1.82) is 0 Å². The van der Waals surface area contributed by atoms with Crippen LogP contribution in [0, 0.1) is 0 Å². The van der Waals surface area contributed by atoms with Crippen molar-refractivity contribution in [2.75, 3.05) is 17.3 Å². The van der Waals surface area contributed by atoms with E-state index in [-0.39, 0.29) is 34.6 Å². The van der Waals surface area contributed by atoms with E-state index in [4.69, 9.17) is 4.74 Å². The van der Waals surface area contributed by atoms with Crippen molar-refractivity contribution < 1.29 is 28.2 Å². The predicted molar refractivity (Wildman–Crippen MR) is 146 cm³/mol. The van der Waals surface area contributed by atoms with Gasteiger partial charge in [-0.05, 0) is 52.2 Å². The molecule has 0 bridgehead atoms. The van der Waals surface area contributed by atoms with Crippen molar-refractivity contribution >= 4 is 35.0 Å². The standard InChI is InChI=1S/C27H33F2N7O5/c1-26(2,3)41-25(40)34(4)21-11-20(32-19-6-5-9-35(24(19)39)16-12-27(28,29)13-16)33-22-18(14-30-36(21)22)23(38)31-15-7-8-17(37)10-15/h5-6,9,11,14-17,37H,7-8,10,12-13H2,1-4H3,(H,31,38)(H,32,33)/t15-,17-/m0/s1. The first-order valence-corrected chi connectivity index (χ1v) is 13.4. The Morgan fingerprint density at radius 3 is 2.61 bits per heavy atom. The number of carbonyl (C=O) groups is 2. The van der Waals surface area contributed by atoms with Crippen LogP contribution >= 0.6 is 0 Å². The van der Waals surface area contributed by atoms with Gasteiger partial charge in [0.25, 0.3) is 17.4 Å². The number of anilines is 3. The van der Waals surface area contributed by atoms with Crippen LogP contribution in [0.4, 0.5) is 30.9 Å². The highest BCUT2D eigenvalue weighted by Gasteiger charge is 2.46. The molecule has 220 valence electrons. The molecule has 0 radical (unpaired) electrons. The summed E-state index contributed by atoms with van der Waals surface area (Å²) in [5.41, 5.74) is -0.992. The van der Waals surface area contributed by atoms with E-state index in [0.29, 0.717) is 19.3 Å². The van der Waals surface area contributed by atoms with Gasteiger partial charge in [0.2, 0.25) is 0 Å². The molecule has 2 fully saturated rings. The van der Waals surface area contributed by atoms with Crippen molar-refractivity contribution in [3.8, 4) is 0 Å². The van der Waals surface area contributed by atoms with Crippen LogP contribution in [0.3, 0.4) is 0 Å². The number of halogens is 2. The Bertz CT molecular complexity index is 1540.